The van der Waals surface area contributed by atoms with Crippen molar-refractivity contribution in [2.75, 3.05) is 11.1 Å². The summed E-state index contributed by atoms with van der Waals surface area (Å²) in [6.07, 6.45) is 6.46. The first kappa shape index (κ1) is 21.9. The van der Waals surface area contributed by atoms with Crippen molar-refractivity contribution >= 4 is 62.0 Å². The molecular weight excluding hydrogens is 438 g/mol. The molecule has 4 aromatic rings. The number of fused-ring (bicyclic) bond motifs is 1. The molecule has 32 heavy (non-hydrogen) atoms. The lowest BCUT2D eigenvalue weighted by atomic mass is 10.1. The second kappa shape index (κ2) is 9.89. The number of thiophene rings is 2. The molecule has 0 atom stereocenters. The molecule has 3 heterocycles. The van der Waals surface area contributed by atoms with Crippen LogP contribution in [0.1, 0.15) is 50.4 Å². The van der Waals surface area contributed by atoms with Crippen LogP contribution in [0.5, 0.6) is 0 Å². The van der Waals surface area contributed by atoms with Crippen LogP contribution in [-0.4, -0.2) is 16.7 Å². The van der Waals surface area contributed by atoms with E-state index in [-0.39, 0.29) is 11.7 Å². The molecule has 0 saturated heterocycles. The van der Waals surface area contributed by atoms with Gasteiger partial charge in [-0.3, -0.25) is 9.59 Å². The zero-order chi connectivity index (χ0) is 22.5. The number of hydrogen-bond donors (Lipinski definition) is 2. The average molecular weight is 462 g/mol. The first-order chi connectivity index (χ1) is 15.5. The van der Waals surface area contributed by atoms with Gasteiger partial charge in [-0.2, -0.15) is 0 Å². The Morgan fingerprint density at radius 3 is 2.66 bits per heavy atom. The summed E-state index contributed by atoms with van der Waals surface area (Å²) in [5.41, 5.74) is 8.86. The standard InChI is InChI=1S/C25H23N3O2S2/c1-2-3-5-17-11-13-20-22(26)23(32-25(20)28-17)24(30)27-18-9-7-16(8-10-18)21(29)14-12-19-6-4-15-31-19/h4,6-15H,2-3,5,26H2,1H3,(H,27,30). The summed E-state index contributed by atoms with van der Waals surface area (Å²) < 4.78 is 0. The van der Waals surface area contributed by atoms with E-state index in [1.165, 1.54) is 11.3 Å². The van der Waals surface area contributed by atoms with Gasteiger partial charge in [0.05, 0.1) is 5.69 Å². The fourth-order valence-corrected chi connectivity index (χ4v) is 4.87. The number of nitrogens with one attached hydrogen (secondary N) is 1. The van der Waals surface area contributed by atoms with E-state index in [0.717, 1.165) is 40.1 Å². The number of nitrogen functional groups attached to an aromatic ring is 1. The fraction of sp³-hybridized carbons (Fsp3) is 0.160. The first-order valence-corrected chi connectivity index (χ1v) is 12.1. The van der Waals surface area contributed by atoms with Gasteiger partial charge in [0.1, 0.15) is 9.71 Å². The molecular formula is C25H23N3O2S2. The Morgan fingerprint density at radius 1 is 1.12 bits per heavy atom. The molecule has 0 saturated carbocycles. The van der Waals surface area contributed by atoms with Gasteiger partial charge in [-0.15, -0.1) is 22.7 Å². The molecule has 4 rings (SSSR count). The maximum atomic E-state index is 12.8. The molecule has 0 radical (unpaired) electrons. The average Bonchev–Trinajstić information content (AvgIpc) is 3.44. The van der Waals surface area contributed by atoms with Crippen LogP contribution in [0.2, 0.25) is 0 Å². The normalized spacial score (nSPS) is 11.3. The lowest BCUT2D eigenvalue weighted by Gasteiger charge is -2.05. The van der Waals surface area contributed by atoms with Crippen LogP contribution < -0.4 is 11.1 Å². The maximum absolute atomic E-state index is 12.8. The minimum Gasteiger partial charge on any atom is -0.397 e. The van der Waals surface area contributed by atoms with Gasteiger partial charge in [0.25, 0.3) is 5.91 Å². The third-order valence-corrected chi connectivity index (χ3v) is 6.97. The smallest absolute Gasteiger partial charge is 0.267 e. The maximum Gasteiger partial charge on any atom is 0.267 e. The largest absolute Gasteiger partial charge is 0.397 e. The highest BCUT2D eigenvalue weighted by Crippen LogP contribution is 2.33. The molecule has 5 nitrogen and oxygen atoms in total. The molecule has 0 spiro atoms. The van der Waals surface area contributed by atoms with Crippen LogP contribution in [0.25, 0.3) is 16.3 Å². The second-order valence-corrected chi connectivity index (χ2v) is 9.33. The molecule has 3 N–H and O–H groups in total. The predicted molar refractivity (Wildman–Crippen MR) is 135 cm³/mol. The number of benzene rings is 1. The Bertz CT molecular complexity index is 1270. The molecule has 1 aromatic carbocycles. The molecule has 0 fully saturated rings. The van der Waals surface area contributed by atoms with Crippen LogP contribution >= 0.6 is 22.7 Å². The highest BCUT2D eigenvalue weighted by molar-refractivity contribution is 7.21. The fourth-order valence-electron chi connectivity index (χ4n) is 3.25. The zero-order valence-electron chi connectivity index (χ0n) is 17.6. The zero-order valence-corrected chi connectivity index (χ0v) is 19.3. The highest BCUT2D eigenvalue weighted by Gasteiger charge is 2.18. The van der Waals surface area contributed by atoms with Crippen molar-refractivity contribution in [2.45, 2.75) is 26.2 Å². The van der Waals surface area contributed by atoms with E-state index in [4.69, 9.17) is 5.73 Å². The van der Waals surface area contributed by atoms with Crippen molar-refractivity contribution in [1.29, 1.82) is 0 Å². The number of allylic oxidation sites excluding steroid dienone is 1. The van der Waals surface area contributed by atoms with Crippen molar-refractivity contribution in [3.8, 4) is 0 Å². The summed E-state index contributed by atoms with van der Waals surface area (Å²) in [7, 11) is 0. The number of amides is 1. The molecule has 0 aliphatic heterocycles. The van der Waals surface area contributed by atoms with Crippen LogP contribution in [0, 0.1) is 0 Å². The van der Waals surface area contributed by atoms with E-state index >= 15 is 0 Å². The number of hydrogen-bond acceptors (Lipinski definition) is 6. The predicted octanol–water partition coefficient (Wildman–Crippen LogP) is 6.43. The lowest BCUT2D eigenvalue weighted by molar-refractivity contribution is 0.102. The number of carbonyl (C=O) groups is 2. The molecule has 0 bridgehead atoms. The Morgan fingerprint density at radius 2 is 1.94 bits per heavy atom. The molecule has 7 heteroatoms. The van der Waals surface area contributed by atoms with Gasteiger partial charge in [0.15, 0.2) is 5.78 Å². The minimum atomic E-state index is -0.280. The number of anilines is 2. The summed E-state index contributed by atoms with van der Waals surface area (Å²) in [5.74, 6) is -0.368. The second-order valence-electron chi connectivity index (χ2n) is 7.35. The van der Waals surface area contributed by atoms with Crippen molar-refractivity contribution in [2.24, 2.45) is 0 Å². The molecule has 0 unspecified atom stereocenters. The van der Waals surface area contributed by atoms with Crippen LogP contribution in [0.15, 0.2) is 60.0 Å². The van der Waals surface area contributed by atoms with E-state index in [9.17, 15) is 9.59 Å². The van der Waals surface area contributed by atoms with E-state index in [1.54, 1.807) is 47.8 Å². The Balaban J connectivity index is 1.46. The van der Waals surface area contributed by atoms with Crippen molar-refractivity contribution in [1.82, 2.24) is 4.98 Å². The minimum absolute atomic E-state index is 0.0880. The van der Waals surface area contributed by atoms with E-state index in [2.05, 4.69) is 17.2 Å². The molecule has 162 valence electrons. The number of rotatable bonds is 8. The van der Waals surface area contributed by atoms with Crippen molar-refractivity contribution < 1.29 is 9.59 Å². The van der Waals surface area contributed by atoms with Crippen LogP contribution in [0.4, 0.5) is 11.4 Å². The Kier molecular flexibility index (Phi) is 6.78. The number of nitrogens with two attached hydrogens (primary N) is 1. The lowest BCUT2D eigenvalue weighted by Crippen LogP contribution is -2.12. The van der Waals surface area contributed by atoms with Gasteiger partial charge in [-0.05, 0) is 72.8 Å². The van der Waals surface area contributed by atoms with E-state index in [1.807, 2.05) is 29.6 Å². The van der Waals surface area contributed by atoms with Crippen molar-refractivity contribution in [3.63, 3.8) is 0 Å². The van der Waals surface area contributed by atoms with Crippen LogP contribution in [0.3, 0.4) is 0 Å². The summed E-state index contributed by atoms with van der Waals surface area (Å²) in [6.45, 7) is 2.15. The van der Waals surface area contributed by atoms with Gasteiger partial charge >= 0.3 is 0 Å². The quantitative estimate of drug-likeness (QED) is 0.234. The Hall–Kier alpha value is -3.29. The van der Waals surface area contributed by atoms with Gasteiger partial charge < -0.3 is 11.1 Å². The number of pyridine rings is 1. The monoisotopic (exact) mass is 461 g/mol. The SMILES string of the molecule is CCCCc1ccc2c(N)c(C(=O)Nc3ccc(C(=O)C=Cc4cccs4)cc3)sc2n1. The number of aromatic nitrogens is 1. The Labute approximate surface area is 194 Å². The van der Waals surface area contributed by atoms with Crippen molar-refractivity contribution in [3.05, 3.63) is 81.0 Å². The summed E-state index contributed by atoms with van der Waals surface area (Å²) in [6, 6.07) is 14.7. The number of unbranched alkanes of at least 4 members (excludes halogenated alkanes) is 1. The number of carbonyl (C=O) groups excluding carboxylic acids is 2. The summed E-state index contributed by atoms with van der Waals surface area (Å²) >= 11 is 2.88. The van der Waals surface area contributed by atoms with E-state index < -0.39 is 0 Å². The molecule has 1 amide bonds. The summed E-state index contributed by atoms with van der Waals surface area (Å²) in [4.78, 5) is 32.1. The van der Waals surface area contributed by atoms with E-state index in [0.29, 0.717) is 21.8 Å². The first-order valence-electron chi connectivity index (χ1n) is 10.4. The third kappa shape index (κ3) is 4.95. The number of aryl methyl sites for hydroxylation is 1. The molecule has 0 aliphatic rings. The molecule has 3 aromatic heterocycles. The number of ketones is 1. The topological polar surface area (TPSA) is 85.1 Å². The van der Waals surface area contributed by atoms with Gasteiger partial charge in [0.2, 0.25) is 0 Å². The van der Waals surface area contributed by atoms with Gasteiger partial charge in [0, 0.05) is 27.2 Å². The summed E-state index contributed by atoms with van der Waals surface area (Å²) in [5, 5.41) is 5.63. The number of nitrogens with zero attached hydrogens (tertiary/aromatic N) is 1. The highest BCUT2D eigenvalue weighted by atomic mass is 32.1. The van der Waals surface area contributed by atoms with Gasteiger partial charge in [-0.25, -0.2) is 4.98 Å². The molecule has 0 aliphatic carbocycles. The van der Waals surface area contributed by atoms with Gasteiger partial charge in [-0.1, -0.05) is 19.4 Å². The third-order valence-electron chi connectivity index (χ3n) is 5.01. The van der Waals surface area contributed by atoms with Crippen LogP contribution in [-0.2, 0) is 6.42 Å².